The number of rotatable bonds is 5. The first-order chi connectivity index (χ1) is 12.2. The van der Waals surface area contributed by atoms with E-state index in [9.17, 15) is 4.79 Å². The van der Waals surface area contributed by atoms with Gasteiger partial charge in [-0.1, -0.05) is 58.0 Å². The molecule has 0 saturated carbocycles. The Hall–Kier alpha value is -2.13. The third kappa shape index (κ3) is 3.83. The summed E-state index contributed by atoms with van der Waals surface area (Å²) in [6.07, 6.45) is 2.39. The molecule has 0 aliphatic heterocycles. The molecule has 3 heteroatoms. The van der Waals surface area contributed by atoms with Crippen molar-refractivity contribution in [1.29, 1.82) is 0 Å². The number of carboxylic acids is 1. The fraction of sp³-hybridized carbons (Fsp3) is 0.391. The van der Waals surface area contributed by atoms with E-state index in [0.29, 0.717) is 6.61 Å². The van der Waals surface area contributed by atoms with E-state index in [1.54, 1.807) is 24.3 Å². The van der Waals surface area contributed by atoms with Crippen LogP contribution in [0.3, 0.4) is 0 Å². The molecule has 3 nitrogen and oxygen atoms in total. The summed E-state index contributed by atoms with van der Waals surface area (Å²) >= 11 is 0. The van der Waals surface area contributed by atoms with Gasteiger partial charge in [0.2, 0.25) is 0 Å². The molecule has 0 unspecified atom stereocenters. The summed E-state index contributed by atoms with van der Waals surface area (Å²) in [5.74, 6) is -0.933. The highest BCUT2D eigenvalue weighted by Gasteiger charge is 2.36. The monoisotopic (exact) mass is 350 g/mol. The zero-order chi connectivity index (χ0) is 18.9. The topological polar surface area (TPSA) is 46.5 Å². The lowest BCUT2D eigenvalue weighted by Gasteiger charge is -2.42. The Morgan fingerprint density at radius 3 is 2.23 bits per heavy atom. The Kier molecular flexibility index (Phi) is 4.94. The van der Waals surface area contributed by atoms with Crippen molar-refractivity contribution in [2.24, 2.45) is 0 Å². The van der Waals surface area contributed by atoms with E-state index in [-0.39, 0.29) is 16.4 Å². The smallest absolute Gasteiger partial charge is 0.335 e. The van der Waals surface area contributed by atoms with Gasteiger partial charge in [0.05, 0.1) is 12.2 Å². The first kappa shape index (κ1) is 18.7. The van der Waals surface area contributed by atoms with Crippen LogP contribution in [-0.2, 0) is 22.2 Å². The largest absolute Gasteiger partial charge is 0.478 e. The highest BCUT2D eigenvalue weighted by Crippen LogP contribution is 2.45. The highest BCUT2D eigenvalue weighted by molar-refractivity contribution is 5.87. The first-order valence-corrected chi connectivity index (χ1v) is 9.04. The minimum atomic E-state index is -0.933. The standard InChI is InChI=1S/C23H26O3/c1-22(2)11-12-23(3,4)20-13-17(7-10-19(20)22)15-26-14-16-5-8-18(9-6-16)21(24)25/h5-10,13H,11-12,15H2,1-4H3,(H,24,25). The van der Waals surface area contributed by atoms with Gasteiger partial charge in [-0.25, -0.2) is 4.79 Å². The zero-order valence-electron chi connectivity index (χ0n) is 15.9. The lowest BCUT2D eigenvalue weighted by molar-refractivity contribution is 0.0697. The molecule has 0 bridgehead atoms. The lowest BCUT2D eigenvalue weighted by Crippen LogP contribution is -2.33. The molecule has 2 aromatic carbocycles. The Bertz CT molecular complexity index is 801. The summed E-state index contributed by atoms with van der Waals surface area (Å²) in [6.45, 7) is 12.6. The van der Waals surface area contributed by atoms with Gasteiger partial charge in [-0.15, -0.1) is 0 Å². The van der Waals surface area contributed by atoms with Gasteiger partial charge in [0.1, 0.15) is 0 Å². The molecular weight excluding hydrogens is 324 g/mol. The van der Waals surface area contributed by atoms with Crippen LogP contribution in [0, 0.1) is 6.61 Å². The maximum Gasteiger partial charge on any atom is 0.335 e. The van der Waals surface area contributed by atoms with Crippen molar-refractivity contribution in [1.82, 2.24) is 0 Å². The minimum absolute atomic E-state index is 0.182. The molecule has 1 aliphatic carbocycles. The summed E-state index contributed by atoms with van der Waals surface area (Å²) in [7, 11) is 0. The fourth-order valence-corrected chi connectivity index (χ4v) is 3.61. The number of hydrogen-bond donors (Lipinski definition) is 1. The van der Waals surface area contributed by atoms with E-state index in [0.717, 1.165) is 11.1 Å². The molecule has 136 valence electrons. The van der Waals surface area contributed by atoms with Crippen molar-refractivity contribution in [2.45, 2.75) is 58.0 Å². The zero-order valence-corrected chi connectivity index (χ0v) is 15.9. The summed E-state index contributed by atoms with van der Waals surface area (Å²) in [4.78, 5) is 10.9. The van der Waals surface area contributed by atoms with Gasteiger partial charge in [-0.05, 0) is 58.1 Å². The highest BCUT2D eigenvalue weighted by atomic mass is 16.5. The summed E-state index contributed by atoms with van der Waals surface area (Å²) < 4.78 is 5.62. The van der Waals surface area contributed by atoms with E-state index in [1.807, 2.05) is 0 Å². The van der Waals surface area contributed by atoms with Gasteiger partial charge in [0.25, 0.3) is 0 Å². The molecule has 0 amide bonds. The number of fused-ring (bicyclic) bond motifs is 1. The van der Waals surface area contributed by atoms with Crippen molar-refractivity contribution in [2.75, 3.05) is 0 Å². The van der Waals surface area contributed by atoms with E-state index in [4.69, 9.17) is 9.84 Å². The summed E-state index contributed by atoms with van der Waals surface area (Å²) in [6, 6.07) is 13.2. The summed E-state index contributed by atoms with van der Waals surface area (Å²) in [5.41, 5.74) is 5.37. The van der Waals surface area contributed by atoms with Crippen LogP contribution in [0.1, 0.15) is 73.1 Å². The maximum atomic E-state index is 10.9. The quantitative estimate of drug-likeness (QED) is 0.792. The number of benzene rings is 2. The molecule has 0 saturated heterocycles. The molecule has 1 N–H and O–H groups in total. The van der Waals surface area contributed by atoms with Crippen molar-refractivity contribution in [3.05, 3.63) is 76.9 Å². The molecule has 1 aliphatic rings. The van der Waals surface area contributed by atoms with E-state index < -0.39 is 5.97 Å². The Balaban J connectivity index is 1.68. The van der Waals surface area contributed by atoms with Gasteiger partial charge in [0, 0.05) is 0 Å². The second-order valence-electron chi connectivity index (χ2n) is 8.42. The molecule has 2 radical (unpaired) electrons. The number of aromatic carboxylic acids is 1. The van der Waals surface area contributed by atoms with Crippen LogP contribution < -0.4 is 0 Å². The van der Waals surface area contributed by atoms with Crippen molar-refractivity contribution < 1.29 is 14.6 Å². The molecule has 2 aromatic rings. The number of carboxylic acid groups (broad SMARTS) is 1. The number of carbonyl (C=O) groups is 1. The van der Waals surface area contributed by atoms with Crippen molar-refractivity contribution in [3.8, 4) is 0 Å². The Morgan fingerprint density at radius 1 is 1.00 bits per heavy atom. The fourth-order valence-electron chi connectivity index (χ4n) is 3.61. The predicted molar refractivity (Wildman–Crippen MR) is 102 cm³/mol. The van der Waals surface area contributed by atoms with Crippen LogP contribution >= 0.6 is 0 Å². The number of hydrogen-bond acceptors (Lipinski definition) is 2. The van der Waals surface area contributed by atoms with Crippen molar-refractivity contribution in [3.63, 3.8) is 0 Å². The number of ether oxygens (including phenoxy) is 1. The maximum absolute atomic E-state index is 10.9. The molecule has 26 heavy (non-hydrogen) atoms. The normalized spacial score (nSPS) is 17.5. The molecule has 0 aromatic heterocycles. The first-order valence-electron chi connectivity index (χ1n) is 9.04. The molecule has 3 rings (SSSR count). The average molecular weight is 350 g/mol. The van der Waals surface area contributed by atoms with Crippen LogP contribution in [0.2, 0.25) is 0 Å². The third-order valence-electron chi connectivity index (χ3n) is 5.48. The minimum Gasteiger partial charge on any atom is -0.478 e. The van der Waals surface area contributed by atoms with E-state index >= 15 is 0 Å². The van der Waals surface area contributed by atoms with Gasteiger partial charge >= 0.3 is 5.97 Å². The molecular formula is C23H26O3. The van der Waals surface area contributed by atoms with Crippen LogP contribution in [0.5, 0.6) is 0 Å². The van der Waals surface area contributed by atoms with Crippen LogP contribution in [0.4, 0.5) is 0 Å². The second-order valence-corrected chi connectivity index (χ2v) is 8.42. The van der Waals surface area contributed by atoms with Gasteiger partial charge in [-0.2, -0.15) is 0 Å². The Labute approximate surface area is 156 Å². The van der Waals surface area contributed by atoms with Crippen molar-refractivity contribution >= 4 is 5.97 Å². The molecule has 0 heterocycles. The van der Waals surface area contributed by atoms with Crippen LogP contribution in [-0.4, -0.2) is 11.1 Å². The third-order valence-corrected chi connectivity index (χ3v) is 5.48. The van der Waals surface area contributed by atoms with Crippen LogP contribution in [0.25, 0.3) is 0 Å². The average Bonchev–Trinajstić information content (AvgIpc) is 2.59. The van der Waals surface area contributed by atoms with Gasteiger partial charge in [-0.3, -0.25) is 0 Å². The SMILES string of the molecule is CC1(C)CCC(C)(C)c2cc(CO[C]c3ccc(C(=O)O)cc3)ccc21. The predicted octanol–water partition coefficient (Wildman–Crippen LogP) is 5.34. The van der Waals surface area contributed by atoms with E-state index in [2.05, 4.69) is 52.5 Å². The van der Waals surface area contributed by atoms with E-state index in [1.165, 1.54) is 24.0 Å². The molecule has 0 spiro atoms. The molecule has 0 fully saturated rings. The lowest BCUT2D eigenvalue weighted by atomic mass is 9.63. The second kappa shape index (κ2) is 6.88. The Morgan fingerprint density at radius 2 is 1.62 bits per heavy atom. The van der Waals surface area contributed by atoms with Crippen LogP contribution in [0.15, 0.2) is 42.5 Å². The summed E-state index contributed by atoms with van der Waals surface area (Å²) in [5, 5.41) is 8.92. The van der Waals surface area contributed by atoms with Gasteiger partial charge in [0.15, 0.2) is 6.61 Å². The molecule has 0 atom stereocenters. The van der Waals surface area contributed by atoms with Gasteiger partial charge < -0.3 is 9.84 Å².